The topological polar surface area (TPSA) is 62.2 Å². The van der Waals surface area contributed by atoms with Crippen molar-refractivity contribution < 1.29 is 9.47 Å². The molecule has 7 nitrogen and oxygen atoms in total. The summed E-state index contributed by atoms with van der Waals surface area (Å²) in [5.74, 6) is 3.13. The molecular weight excluding hydrogens is 402 g/mol. The van der Waals surface area contributed by atoms with Gasteiger partial charge in [-0.25, -0.2) is 9.98 Å². The number of ether oxygens (including phenoxy) is 2. The Kier molecular flexibility index (Phi) is 8.02. The lowest BCUT2D eigenvalue weighted by Gasteiger charge is -2.37. The third kappa shape index (κ3) is 5.48. The lowest BCUT2D eigenvalue weighted by molar-refractivity contribution is 0.311. The Morgan fingerprint density at radius 1 is 1.20 bits per heavy atom. The van der Waals surface area contributed by atoms with Crippen LogP contribution in [0, 0.1) is 0 Å². The fourth-order valence-corrected chi connectivity index (χ4v) is 3.72. The van der Waals surface area contributed by atoms with E-state index in [1.807, 2.05) is 37.4 Å². The molecule has 0 amide bonds. The van der Waals surface area contributed by atoms with Crippen LogP contribution in [0.25, 0.3) is 0 Å². The molecule has 0 saturated carbocycles. The summed E-state index contributed by atoms with van der Waals surface area (Å²) < 4.78 is 11.0. The van der Waals surface area contributed by atoms with Crippen molar-refractivity contribution in [3.63, 3.8) is 0 Å². The summed E-state index contributed by atoms with van der Waals surface area (Å²) in [4.78, 5) is 13.9. The van der Waals surface area contributed by atoms with E-state index in [1.54, 1.807) is 7.11 Å². The molecule has 0 bridgehead atoms. The van der Waals surface area contributed by atoms with Crippen molar-refractivity contribution in [3.8, 4) is 11.5 Å². The van der Waals surface area contributed by atoms with Crippen LogP contribution in [0.15, 0.2) is 41.5 Å². The molecule has 1 N–H and O–H groups in total. The molecule has 30 heavy (non-hydrogen) atoms. The van der Waals surface area contributed by atoms with E-state index in [0.29, 0.717) is 29.7 Å². The summed E-state index contributed by atoms with van der Waals surface area (Å²) in [5.41, 5.74) is 0.975. The van der Waals surface area contributed by atoms with Crippen molar-refractivity contribution in [3.05, 3.63) is 47.1 Å². The van der Waals surface area contributed by atoms with Crippen LogP contribution >= 0.6 is 11.6 Å². The molecule has 0 radical (unpaired) electrons. The van der Waals surface area contributed by atoms with E-state index in [1.165, 1.54) is 0 Å². The first-order valence-electron chi connectivity index (χ1n) is 10.3. The van der Waals surface area contributed by atoms with Crippen molar-refractivity contribution in [2.24, 2.45) is 4.99 Å². The maximum absolute atomic E-state index is 6.40. The second-order valence-corrected chi connectivity index (χ2v) is 7.28. The number of nitrogens with zero attached hydrogens (tertiary/aromatic N) is 4. The van der Waals surface area contributed by atoms with Crippen LogP contribution in [0.2, 0.25) is 5.02 Å². The predicted molar refractivity (Wildman–Crippen MR) is 122 cm³/mol. The van der Waals surface area contributed by atoms with Crippen molar-refractivity contribution in [1.29, 1.82) is 0 Å². The fourth-order valence-electron chi connectivity index (χ4n) is 3.43. The van der Waals surface area contributed by atoms with Crippen LogP contribution in [-0.2, 0) is 6.54 Å². The molecule has 0 aliphatic carbocycles. The van der Waals surface area contributed by atoms with Crippen molar-refractivity contribution in [2.45, 2.75) is 20.4 Å². The Morgan fingerprint density at radius 3 is 2.63 bits per heavy atom. The minimum absolute atomic E-state index is 0.505. The quantitative estimate of drug-likeness (QED) is 0.535. The van der Waals surface area contributed by atoms with Crippen molar-refractivity contribution in [1.82, 2.24) is 15.2 Å². The second-order valence-electron chi connectivity index (χ2n) is 6.87. The molecule has 1 aromatic heterocycles. The van der Waals surface area contributed by atoms with E-state index < -0.39 is 0 Å². The van der Waals surface area contributed by atoms with Gasteiger partial charge in [-0.1, -0.05) is 17.7 Å². The smallest absolute Gasteiger partial charge is 0.194 e. The zero-order chi connectivity index (χ0) is 21.3. The predicted octanol–water partition coefficient (Wildman–Crippen LogP) is 3.43. The third-order valence-corrected chi connectivity index (χ3v) is 5.16. The zero-order valence-corrected chi connectivity index (χ0v) is 18.7. The Hall–Kier alpha value is -2.67. The Bertz CT molecular complexity index is 839. The summed E-state index contributed by atoms with van der Waals surface area (Å²) in [7, 11) is 1.62. The van der Waals surface area contributed by atoms with E-state index >= 15 is 0 Å². The van der Waals surface area contributed by atoms with Gasteiger partial charge in [0.15, 0.2) is 17.5 Å². The molecule has 0 spiro atoms. The first-order valence-corrected chi connectivity index (χ1v) is 10.7. The number of anilines is 1. The summed E-state index contributed by atoms with van der Waals surface area (Å²) in [6, 6.07) is 9.84. The number of halogens is 1. The Labute approximate surface area is 183 Å². The number of aromatic nitrogens is 1. The number of pyridine rings is 1. The monoisotopic (exact) mass is 431 g/mol. The van der Waals surface area contributed by atoms with Crippen LogP contribution in [0.1, 0.15) is 19.4 Å². The van der Waals surface area contributed by atoms with E-state index in [-0.39, 0.29) is 0 Å². The molecule has 1 aromatic carbocycles. The van der Waals surface area contributed by atoms with Gasteiger partial charge in [0.1, 0.15) is 5.82 Å². The van der Waals surface area contributed by atoms with Gasteiger partial charge in [0.05, 0.1) is 25.3 Å². The van der Waals surface area contributed by atoms with Crippen LogP contribution < -0.4 is 19.7 Å². The molecule has 2 aromatic rings. The maximum atomic E-state index is 6.40. The molecule has 1 aliphatic rings. The highest BCUT2D eigenvalue weighted by Crippen LogP contribution is 2.36. The summed E-state index contributed by atoms with van der Waals surface area (Å²) in [6.45, 7) is 9.43. The van der Waals surface area contributed by atoms with Crippen LogP contribution in [0.5, 0.6) is 11.5 Å². The van der Waals surface area contributed by atoms with Gasteiger partial charge in [-0.05, 0) is 43.7 Å². The number of hydrogen-bond acceptors (Lipinski definition) is 5. The summed E-state index contributed by atoms with van der Waals surface area (Å²) >= 11 is 6.40. The van der Waals surface area contributed by atoms with E-state index in [9.17, 15) is 0 Å². The number of aliphatic imine (C=N–C) groups is 1. The highest BCUT2D eigenvalue weighted by molar-refractivity contribution is 6.32. The molecular formula is C22H30ClN5O2. The van der Waals surface area contributed by atoms with Gasteiger partial charge in [-0.2, -0.15) is 0 Å². The molecule has 0 unspecified atom stereocenters. The fraction of sp³-hybridized carbons (Fsp3) is 0.455. The summed E-state index contributed by atoms with van der Waals surface area (Å²) in [5, 5.41) is 3.94. The van der Waals surface area contributed by atoms with E-state index in [0.717, 1.165) is 50.1 Å². The first-order chi connectivity index (χ1) is 14.7. The SMILES string of the molecule is CCNC(=NCc1cc(Cl)c(OCC)c(OC)c1)N1CCN(c2ccccn2)CC1. The molecule has 1 fully saturated rings. The number of rotatable bonds is 7. The lowest BCUT2D eigenvalue weighted by Crippen LogP contribution is -2.52. The molecule has 0 atom stereocenters. The van der Waals surface area contributed by atoms with Gasteiger partial charge >= 0.3 is 0 Å². The molecule has 1 aliphatic heterocycles. The minimum Gasteiger partial charge on any atom is -0.493 e. The minimum atomic E-state index is 0.505. The Morgan fingerprint density at radius 2 is 2.00 bits per heavy atom. The van der Waals surface area contributed by atoms with Crippen molar-refractivity contribution >= 4 is 23.4 Å². The van der Waals surface area contributed by atoms with Gasteiger partial charge < -0.3 is 24.6 Å². The Balaban J connectivity index is 1.69. The third-order valence-electron chi connectivity index (χ3n) is 4.88. The highest BCUT2D eigenvalue weighted by atomic mass is 35.5. The standard InChI is InChI=1S/C22H30ClN5O2/c1-4-24-22(28-12-10-27(11-13-28)20-8-6-7-9-25-20)26-16-17-14-18(23)21(30-5-2)19(15-17)29-3/h6-9,14-15H,4-5,10-13,16H2,1-3H3,(H,24,26). The lowest BCUT2D eigenvalue weighted by atomic mass is 10.2. The second kappa shape index (κ2) is 10.9. The first kappa shape index (κ1) is 22.0. The molecule has 8 heteroatoms. The average Bonchev–Trinajstić information content (AvgIpc) is 2.79. The van der Waals surface area contributed by atoms with Crippen LogP contribution in [-0.4, -0.2) is 62.3 Å². The summed E-state index contributed by atoms with van der Waals surface area (Å²) in [6.07, 6.45) is 1.84. The molecule has 3 rings (SSSR count). The van der Waals surface area contributed by atoms with Gasteiger partial charge in [0, 0.05) is 38.9 Å². The van der Waals surface area contributed by atoms with Gasteiger partial charge in [0.2, 0.25) is 0 Å². The number of hydrogen-bond donors (Lipinski definition) is 1. The van der Waals surface area contributed by atoms with Crippen LogP contribution in [0.3, 0.4) is 0 Å². The number of piperazine rings is 1. The van der Waals surface area contributed by atoms with E-state index in [4.69, 9.17) is 26.1 Å². The molecule has 2 heterocycles. The molecule has 162 valence electrons. The molecule has 1 saturated heterocycles. The largest absolute Gasteiger partial charge is 0.493 e. The number of nitrogens with one attached hydrogen (secondary N) is 1. The van der Waals surface area contributed by atoms with Gasteiger partial charge in [-0.3, -0.25) is 0 Å². The number of benzene rings is 1. The number of methoxy groups -OCH3 is 1. The average molecular weight is 432 g/mol. The zero-order valence-electron chi connectivity index (χ0n) is 17.9. The normalized spacial score (nSPS) is 14.6. The highest BCUT2D eigenvalue weighted by Gasteiger charge is 2.20. The maximum Gasteiger partial charge on any atom is 0.194 e. The number of guanidine groups is 1. The van der Waals surface area contributed by atoms with E-state index in [2.05, 4.69) is 33.1 Å². The van der Waals surface area contributed by atoms with Gasteiger partial charge in [-0.15, -0.1) is 0 Å². The van der Waals surface area contributed by atoms with Crippen LogP contribution in [0.4, 0.5) is 5.82 Å². The van der Waals surface area contributed by atoms with Gasteiger partial charge in [0.25, 0.3) is 0 Å². The van der Waals surface area contributed by atoms with Crippen molar-refractivity contribution in [2.75, 3.05) is 51.3 Å².